The summed E-state index contributed by atoms with van der Waals surface area (Å²) in [5.41, 5.74) is 2.07. The smallest absolute Gasteiger partial charge is 0.124 e. The SMILES string of the molecule is CC.O=CCc1ccccc1CCl. The molecule has 0 aliphatic rings. The number of hydrogen-bond acceptors (Lipinski definition) is 1. The van der Waals surface area contributed by atoms with E-state index in [1.807, 2.05) is 38.1 Å². The molecule has 0 radical (unpaired) electrons. The van der Waals surface area contributed by atoms with Gasteiger partial charge in [0.15, 0.2) is 0 Å². The summed E-state index contributed by atoms with van der Waals surface area (Å²) in [5, 5.41) is 0. The first-order chi connectivity index (χ1) is 6.38. The van der Waals surface area contributed by atoms with Crippen LogP contribution in [0, 0.1) is 0 Å². The minimum atomic E-state index is 0.461. The molecule has 2 heteroatoms. The number of carbonyl (C=O) groups is 1. The van der Waals surface area contributed by atoms with Crippen LogP contribution in [0.2, 0.25) is 0 Å². The van der Waals surface area contributed by atoms with E-state index >= 15 is 0 Å². The van der Waals surface area contributed by atoms with Gasteiger partial charge in [0, 0.05) is 12.3 Å². The van der Waals surface area contributed by atoms with Gasteiger partial charge in [-0.1, -0.05) is 38.1 Å². The molecule has 1 aromatic rings. The molecule has 72 valence electrons. The van der Waals surface area contributed by atoms with E-state index in [4.69, 9.17) is 11.6 Å². The summed E-state index contributed by atoms with van der Waals surface area (Å²) in [6.45, 7) is 4.00. The minimum Gasteiger partial charge on any atom is -0.303 e. The third-order valence-corrected chi connectivity index (χ3v) is 1.85. The molecule has 0 fully saturated rings. The third kappa shape index (κ3) is 4.09. The van der Waals surface area contributed by atoms with Crippen LogP contribution in [0.3, 0.4) is 0 Å². The average molecular weight is 199 g/mol. The molecule has 0 spiro atoms. The zero-order chi connectivity index (χ0) is 10.1. The van der Waals surface area contributed by atoms with Gasteiger partial charge in [-0.15, -0.1) is 11.6 Å². The van der Waals surface area contributed by atoms with Crippen LogP contribution in [-0.4, -0.2) is 6.29 Å². The van der Waals surface area contributed by atoms with E-state index in [9.17, 15) is 4.79 Å². The zero-order valence-corrected chi connectivity index (χ0v) is 8.84. The van der Waals surface area contributed by atoms with E-state index in [1.165, 1.54) is 0 Å². The fourth-order valence-corrected chi connectivity index (χ4v) is 1.24. The predicted octanol–water partition coefficient (Wildman–Crippen LogP) is 3.19. The Morgan fingerprint density at radius 1 is 1.23 bits per heavy atom. The number of alkyl halides is 1. The number of halogens is 1. The first kappa shape index (κ1) is 12.2. The molecule has 0 amide bonds. The Bertz CT molecular complexity index is 246. The Balaban J connectivity index is 0.000000671. The highest BCUT2D eigenvalue weighted by molar-refractivity contribution is 6.17. The molecule has 1 rings (SSSR count). The van der Waals surface area contributed by atoms with Crippen LogP contribution in [-0.2, 0) is 17.1 Å². The molecule has 0 atom stereocenters. The minimum absolute atomic E-state index is 0.461. The Hall–Kier alpha value is -0.820. The molecule has 1 nitrogen and oxygen atoms in total. The lowest BCUT2D eigenvalue weighted by Gasteiger charge is -2.00. The van der Waals surface area contributed by atoms with Crippen molar-refractivity contribution in [2.24, 2.45) is 0 Å². The van der Waals surface area contributed by atoms with Gasteiger partial charge in [-0.2, -0.15) is 0 Å². The van der Waals surface area contributed by atoms with Crippen molar-refractivity contribution in [3.8, 4) is 0 Å². The van der Waals surface area contributed by atoms with Crippen molar-refractivity contribution in [2.75, 3.05) is 0 Å². The van der Waals surface area contributed by atoms with Crippen LogP contribution >= 0.6 is 11.6 Å². The number of rotatable bonds is 3. The van der Waals surface area contributed by atoms with E-state index in [1.54, 1.807) is 0 Å². The molecule has 0 heterocycles. The monoisotopic (exact) mass is 198 g/mol. The summed E-state index contributed by atoms with van der Waals surface area (Å²) >= 11 is 5.65. The van der Waals surface area contributed by atoms with Gasteiger partial charge in [0.25, 0.3) is 0 Å². The Labute approximate surface area is 84.7 Å². The second-order valence-electron chi connectivity index (χ2n) is 2.27. The van der Waals surface area contributed by atoms with Crippen LogP contribution in [0.4, 0.5) is 0 Å². The average Bonchev–Trinajstić information content (AvgIpc) is 2.22. The number of hydrogen-bond donors (Lipinski definition) is 0. The first-order valence-electron chi connectivity index (χ1n) is 4.45. The van der Waals surface area contributed by atoms with Gasteiger partial charge < -0.3 is 4.79 Å². The summed E-state index contributed by atoms with van der Waals surface area (Å²) in [7, 11) is 0. The molecular formula is C11H15ClO. The molecule has 13 heavy (non-hydrogen) atoms. The number of benzene rings is 1. The molecule has 0 aliphatic heterocycles. The number of carbonyl (C=O) groups excluding carboxylic acids is 1. The van der Waals surface area contributed by atoms with Crippen LogP contribution in [0.5, 0.6) is 0 Å². The third-order valence-electron chi connectivity index (χ3n) is 1.57. The summed E-state index contributed by atoms with van der Waals surface area (Å²) in [4.78, 5) is 10.2. The molecule has 0 aliphatic carbocycles. The summed E-state index contributed by atoms with van der Waals surface area (Å²) in [6.07, 6.45) is 1.36. The lowest BCUT2D eigenvalue weighted by atomic mass is 10.1. The van der Waals surface area contributed by atoms with E-state index in [0.29, 0.717) is 12.3 Å². The fourth-order valence-electron chi connectivity index (χ4n) is 0.977. The molecular weight excluding hydrogens is 184 g/mol. The Morgan fingerprint density at radius 2 is 1.77 bits per heavy atom. The standard InChI is InChI=1S/C9H9ClO.C2H6/c10-7-9-4-2-1-3-8(9)5-6-11;1-2/h1-4,6H,5,7H2;1-2H3. The van der Waals surface area contributed by atoms with E-state index in [2.05, 4.69) is 0 Å². The predicted molar refractivity (Wildman–Crippen MR) is 57.1 cm³/mol. The van der Waals surface area contributed by atoms with Gasteiger partial charge in [-0.05, 0) is 11.1 Å². The largest absolute Gasteiger partial charge is 0.303 e. The van der Waals surface area contributed by atoms with Gasteiger partial charge in [0.05, 0.1) is 0 Å². The lowest BCUT2D eigenvalue weighted by molar-refractivity contribution is -0.107. The molecule has 1 aromatic carbocycles. The van der Waals surface area contributed by atoms with Gasteiger partial charge in [0.2, 0.25) is 0 Å². The van der Waals surface area contributed by atoms with Gasteiger partial charge in [0.1, 0.15) is 6.29 Å². The van der Waals surface area contributed by atoms with Gasteiger partial charge in [-0.25, -0.2) is 0 Å². The van der Waals surface area contributed by atoms with Gasteiger partial charge in [-0.3, -0.25) is 0 Å². The van der Waals surface area contributed by atoms with Crippen molar-refractivity contribution >= 4 is 17.9 Å². The fraction of sp³-hybridized carbons (Fsp3) is 0.364. The van der Waals surface area contributed by atoms with Crippen molar-refractivity contribution < 1.29 is 4.79 Å². The van der Waals surface area contributed by atoms with Crippen molar-refractivity contribution in [3.05, 3.63) is 35.4 Å². The Kier molecular flexibility index (Phi) is 7.32. The maximum atomic E-state index is 10.2. The van der Waals surface area contributed by atoms with Crippen LogP contribution in [0.1, 0.15) is 25.0 Å². The maximum Gasteiger partial charge on any atom is 0.124 e. The molecule has 0 aromatic heterocycles. The van der Waals surface area contributed by atoms with Crippen LogP contribution in [0.25, 0.3) is 0 Å². The van der Waals surface area contributed by atoms with Crippen molar-refractivity contribution in [2.45, 2.75) is 26.1 Å². The molecule has 0 saturated carbocycles. The Morgan fingerprint density at radius 3 is 2.23 bits per heavy atom. The van der Waals surface area contributed by atoms with E-state index in [0.717, 1.165) is 17.4 Å². The highest BCUT2D eigenvalue weighted by Crippen LogP contribution is 2.10. The second kappa shape index (κ2) is 7.81. The maximum absolute atomic E-state index is 10.2. The van der Waals surface area contributed by atoms with Crippen molar-refractivity contribution in [1.82, 2.24) is 0 Å². The molecule has 0 unspecified atom stereocenters. The molecule has 0 bridgehead atoms. The first-order valence-corrected chi connectivity index (χ1v) is 4.98. The summed E-state index contributed by atoms with van der Waals surface area (Å²) in [5.74, 6) is 0.476. The van der Waals surface area contributed by atoms with Crippen molar-refractivity contribution in [3.63, 3.8) is 0 Å². The molecule has 0 N–H and O–H groups in total. The van der Waals surface area contributed by atoms with E-state index in [-0.39, 0.29) is 0 Å². The molecule has 0 saturated heterocycles. The highest BCUT2D eigenvalue weighted by Gasteiger charge is 1.97. The van der Waals surface area contributed by atoms with Gasteiger partial charge >= 0.3 is 0 Å². The number of aldehydes is 1. The second-order valence-corrected chi connectivity index (χ2v) is 2.54. The quantitative estimate of drug-likeness (QED) is 0.539. The zero-order valence-electron chi connectivity index (χ0n) is 8.09. The van der Waals surface area contributed by atoms with Crippen LogP contribution < -0.4 is 0 Å². The summed E-state index contributed by atoms with van der Waals surface area (Å²) in [6, 6.07) is 7.69. The van der Waals surface area contributed by atoms with E-state index < -0.39 is 0 Å². The highest BCUT2D eigenvalue weighted by atomic mass is 35.5. The topological polar surface area (TPSA) is 17.1 Å². The summed E-state index contributed by atoms with van der Waals surface area (Å²) < 4.78 is 0. The normalized spacial score (nSPS) is 8.54. The van der Waals surface area contributed by atoms with Crippen LogP contribution in [0.15, 0.2) is 24.3 Å². The lowest BCUT2D eigenvalue weighted by Crippen LogP contribution is -1.91. The van der Waals surface area contributed by atoms with Crippen molar-refractivity contribution in [1.29, 1.82) is 0 Å².